The second-order valence-corrected chi connectivity index (χ2v) is 5.08. The number of hydrogen-bond acceptors (Lipinski definition) is 5. The Hall–Kier alpha value is -1.31. The van der Waals surface area contributed by atoms with E-state index in [1.807, 2.05) is 17.8 Å². The van der Waals surface area contributed by atoms with Crippen molar-refractivity contribution in [3.63, 3.8) is 0 Å². The number of hydrazine groups is 1. The van der Waals surface area contributed by atoms with Crippen LogP contribution in [0.4, 0.5) is 0 Å². The number of aryl methyl sites for hydroxylation is 2. The number of nitrogens with one attached hydrogen (secondary N) is 1. The Labute approximate surface area is 120 Å². The van der Waals surface area contributed by atoms with E-state index in [0.29, 0.717) is 0 Å². The summed E-state index contributed by atoms with van der Waals surface area (Å²) in [6, 6.07) is 1.88. The van der Waals surface area contributed by atoms with Gasteiger partial charge in [-0.05, 0) is 34.0 Å². The highest BCUT2D eigenvalue weighted by Crippen LogP contribution is 2.26. The number of nitrogens with two attached hydrogens (primary N) is 1. The highest BCUT2D eigenvalue weighted by atomic mass is 79.9. The number of aromatic nitrogens is 4. The predicted molar refractivity (Wildman–Crippen MR) is 76.1 cm³/mol. The van der Waals surface area contributed by atoms with Gasteiger partial charge in [0.05, 0.1) is 28.1 Å². The fraction of sp³-hybridized carbons (Fsp3) is 0.417. The molecule has 2 aromatic heterocycles. The molecular weight excluding hydrogens is 308 g/mol. The maximum Gasteiger partial charge on any atom is 0.0766 e. The van der Waals surface area contributed by atoms with Gasteiger partial charge in [-0.25, -0.2) is 0 Å². The van der Waals surface area contributed by atoms with Crippen LogP contribution in [-0.4, -0.2) is 20.0 Å². The van der Waals surface area contributed by atoms with Crippen LogP contribution >= 0.6 is 15.9 Å². The molecule has 3 N–H and O–H groups in total. The molecule has 2 heterocycles. The average molecular weight is 325 g/mol. The summed E-state index contributed by atoms with van der Waals surface area (Å²) >= 11 is 3.61. The molecular formula is C12H17BrN6. The van der Waals surface area contributed by atoms with Gasteiger partial charge in [0.1, 0.15) is 0 Å². The minimum Gasteiger partial charge on any atom is -0.271 e. The first-order valence-electron chi connectivity index (χ1n) is 6.10. The largest absolute Gasteiger partial charge is 0.271 e. The van der Waals surface area contributed by atoms with Gasteiger partial charge in [-0.2, -0.15) is 15.3 Å². The predicted octanol–water partition coefficient (Wildman–Crippen LogP) is 1.28. The third-order valence-corrected chi connectivity index (χ3v) is 4.03. The van der Waals surface area contributed by atoms with E-state index >= 15 is 0 Å². The highest BCUT2D eigenvalue weighted by Gasteiger charge is 2.18. The van der Waals surface area contributed by atoms with Gasteiger partial charge >= 0.3 is 0 Å². The highest BCUT2D eigenvalue weighted by molar-refractivity contribution is 9.10. The number of rotatable bonds is 5. The Morgan fingerprint density at radius 1 is 1.47 bits per heavy atom. The van der Waals surface area contributed by atoms with E-state index in [-0.39, 0.29) is 6.04 Å². The average Bonchev–Trinajstić information content (AvgIpc) is 2.72. The molecule has 1 unspecified atom stereocenters. The summed E-state index contributed by atoms with van der Waals surface area (Å²) in [5, 5.41) is 12.1. The number of hydrogen-bond donors (Lipinski definition) is 2. The lowest BCUT2D eigenvalue weighted by molar-refractivity contribution is 0.526. The molecule has 19 heavy (non-hydrogen) atoms. The topological polar surface area (TPSA) is 81.7 Å². The minimum absolute atomic E-state index is 0.0214. The fourth-order valence-electron chi connectivity index (χ4n) is 2.01. The van der Waals surface area contributed by atoms with Crippen LogP contribution in [-0.2, 0) is 19.9 Å². The van der Waals surface area contributed by atoms with Crippen LogP contribution in [0.2, 0.25) is 0 Å². The van der Waals surface area contributed by atoms with E-state index in [2.05, 4.69) is 43.6 Å². The molecule has 0 aliphatic rings. The molecule has 2 aromatic rings. The number of nitrogens with zero attached hydrogens (tertiary/aromatic N) is 4. The first kappa shape index (κ1) is 14.1. The molecule has 0 spiro atoms. The molecule has 102 valence electrons. The third kappa shape index (κ3) is 2.99. The monoisotopic (exact) mass is 324 g/mol. The summed E-state index contributed by atoms with van der Waals surface area (Å²) in [6.45, 7) is 2.09. The standard InChI is InChI=1S/C12H17BrN6/c1-3-9-12(13)11(19(2)18-9)6-10(17-14)8-4-5-15-16-7-8/h4-5,7,10,17H,3,6,14H2,1-2H3. The summed E-state index contributed by atoms with van der Waals surface area (Å²) in [4.78, 5) is 0. The Morgan fingerprint density at radius 3 is 2.79 bits per heavy atom. The second kappa shape index (κ2) is 6.23. The zero-order valence-corrected chi connectivity index (χ0v) is 12.6. The smallest absolute Gasteiger partial charge is 0.0766 e. The molecule has 0 amide bonds. The summed E-state index contributed by atoms with van der Waals surface area (Å²) in [6.07, 6.45) is 5.00. The van der Waals surface area contributed by atoms with Crippen molar-refractivity contribution >= 4 is 15.9 Å². The lowest BCUT2D eigenvalue weighted by Crippen LogP contribution is -2.30. The zero-order valence-electron chi connectivity index (χ0n) is 11.0. The van der Waals surface area contributed by atoms with Gasteiger partial charge in [-0.1, -0.05) is 6.92 Å². The van der Waals surface area contributed by atoms with Gasteiger partial charge in [0.2, 0.25) is 0 Å². The van der Waals surface area contributed by atoms with Crippen molar-refractivity contribution < 1.29 is 0 Å². The summed E-state index contributed by atoms with van der Waals surface area (Å²) in [7, 11) is 1.94. The Balaban J connectivity index is 2.26. The van der Waals surface area contributed by atoms with Crippen LogP contribution < -0.4 is 11.3 Å². The van der Waals surface area contributed by atoms with Crippen molar-refractivity contribution in [1.29, 1.82) is 0 Å². The van der Waals surface area contributed by atoms with Crippen LogP contribution in [0.1, 0.15) is 29.9 Å². The van der Waals surface area contributed by atoms with E-state index in [1.165, 1.54) is 0 Å². The first-order valence-corrected chi connectivity index (χ1v) is 6.89. The van der Waals surface area contributed by atoms with Crippen molar-refractivity contribution in [1.82, 2.24) is 25.4 Å². The van der Waals surface area contributed by atoms with Crippen molar-refractivity contribution in [2.75, 3.05) is 0 Å². The lowest BCUT2D eigenvalue weighted by atomic mass is 10.0. The first-order chi connectivity index (χ1) is 9.17. The Morgan fingerprint density at radius 2 is 2.26 bits per heavy atom. The van der Waals surface area contributed by atoms with E-state index in [0.717, 1.165) is 34.3 Å². The van der Waals surface area contributed by atoms with Crippen LogP contribution in [0.5, 0.6) is 0 Å². The van der Waals surface area contributed by atoms with E-state index < -0.39 is 0 Å². The molecule has 2 rings (SSSR count). The van der Waals surface area contributed by atoms with Crippen LogP contribution in [0.3, 0.4) is 0 Å². The summed E-state index contributed by atoms with van der Waals surface area (Å²) in [5.74, 6) is 5.65. The van der Waals surface area contributed by atoms with Crippen molar-refractivity contribution in [2.45, 2.75) is 25.8 Å². The van der Waals surface area contributed by atoms with Crippen LogP contribution in [0.25, 0.3) is 0 Å². The molecule has 7 heteroatoms. The maximum absolute atomic E-state index is 5.65. The molecule has 0 bridgehead atoms. The Bertz CT molecular complexity index is 539. The molecule has 0 aromatic carbocycles. The molecule has 0 radical (unpaired) electrons. The Kier molecular flexibility index (Phi) is 4.62. The van der Waals surface area contributed by atoms with Gasteiger partial charge < -0.3 is 0 Å². The minimum atomic E-state index is -0.0214. The fourth-order valence-corrected chi connectivity index (χ4v) is 2.79. The molecule has 0 aliphatic carbocycles. The molecule has 0 fully saturated rings. The normalized spacial score (nSPS) is 12.6. The van der Waals surface area contributed by atoms with E-state index in [1.54, 1.807) is 12.4 Å². The second-order valence-electron chi connectivity index (χ2n) is 4.28. The number of halogens is 1. The lowest BCUT2D eigenvalue weighted by Gasteiger charge is -2.16. The molecule has 1 atom stereocenters. The molecule has 0 aliphatic heterocycles. The van der Waals surface area contributed by atoms with Gasteiger partial charge in [-0.3, -0.25) is 16.0 Å². The van der Waals surface area contributed by atoms with Gasteiger partial charge in [0, 0.05) is 19.7 Å². The summed E-state index contributed by atoms with van der Waals surface area (Å²) in [5.41, 5.74) is 5.99. The van der Waals surface area contributed by atoms with Crippen molar-refractivity contribution in [2.24, 2.45) is 12.9 Å². The van der Waals surface area contributed by atoms with E-state index in [9.17, 15) is 0 Å². The van der Waals surface area contributed by atoms with Crippen LogP contribution in [0.15, 0.2) is 22.9 Å². The van der Waals surface area contributed by atoms with Gasteiger partial charge in [0.15, 0.2) is 0 Å². The molecule has 0 saturated carbocycles. The summed E-state index contributed by atoms with van der Waals surface area (Å²) < 4.78 is 2.95. The molecule has 6 nitrogen and oxygen atoms in total. The maximum atomic E-state index is 5.65. The van der Waals surface area contributed by atoms with Gasteiger partial charge in [0.25, 0.3) is 0 Å². The van der Waals surface area contributed by atoms with E-state index in [4.69, 9.17) is 5.84 Å². The van der Waals surface area contributed by atoms with Crippen LogP contribution in [0, 0.1) is 0 Å². The SMILES string of the molecule is CCc1nn(C)c(CC(NN)c2ccnnc2)c1Br. The third-order valence-electron chi connectivity index (χ3n) is 3.11. The molecule has 0 saturated heterocycles. The zero-order chi connectivity index (χ0) is 13.8. The van der Waals surface area contributed by atoms with Crippen molar-refractivity contribution in [3.8, 4) is 0 Å². The van der Waals surface area contributed by atoms with Crippen molar-refractivity contribution in [3.05, 3.63) is 39.9 Å². The quantitative estimate of drug-likeness (QED) is 0.639. The van der Waals surface area contributed by atoms with Gasteiger partial charge in [-0.15, -0.1) is 0 Å².